The summed E-state index contributed by atoms with van der Waals surface area (Å²) in [5.74, 6) is -1.76. The van der Waals surface area contributed by atoms with E-state index in [2.05, 4.69) is 35.2 Å². The second-order valence-corrected chi connectivity index (χ2v) is 10.8. The molecule has 0 aromatic carbocycles. The van der Waals surface area contributed by atoms with Crippen molar-refractivity contribution in [3.63, 3.8) is 0 Å². The summed E-state index contributed by atoms with van der Waals surface area (Å²) in [5.41, 5.74) is 1.21. The van der Waals surface area contributed by atoms with Crippen LogP contribution in [0.4, 0.5) is 5.82 Å². The van der Waals surface area contributed by atoms with E-state index in [1.807, 2.05) is 0 Å². The van der Waals surface area contributed by atoms with Gasteiger partial charge in [-0.05, 0) is 42.8 Å². The van der Waals surface area contributed by atoms with E-state index in [9.17, 15) is 14.4 Å². The number of anilines is 1. The van der Waals surface area contributed by atoms with Gasteiger partial charge in [0.15, 0.2) is 35.4 Å². The maximum absolute atomic E-state index is 13.6. The van der Waals surface area contributed by atoms with Gasteiger partial charge in [-0.25, -0.2) is 29.3 Å². The van der Waals surface area contributed by atoms with E-state index in [0.29, 0.717) is 30.2 Å². The Balaban J connectivity index is 1.34. The lowest BCUT2D eigenvalue weighted by molar-refractivity contribution is -0.0495. The Kier molecular flexibility index (Phi) is 8.63. The molecule has 2 saturated heterocycles. The number of hydrogen-bond acceptors (Lipinski definition) is 15. The van der Waals surface area contributed by atoms with Crippen molar-refractivity contribution in [1.82, 2.24) is 34.5 Å². The van der Waals surface area contributed by atoms with Gasteiger partial charge in [-0.2, -0.15) is 0 Å². The van der Waals surface area contributed by atoms with Crippen LogP contribution in [0.15, 0.2) is 80.0 Å². The van der Waals surface area contributed by atoms with Gasteiger partial charge in [0.2, 0.25) is 0 Å². The van der Waals surface area contributed by atoms with E-state index in [0.717, 1.165) is 6.42 Å². The lowest BCUT2D eigenvalue weighted by atomic mass is 10.0. The number of nitrogens with one attached hydrogen (secondary N) is 1. The fraction of sp³-hybridized carbons (Fsp3) is 0.281. The van der Waals surface area contributed by atoms with Crippen molar-refractivity contribution in [1.29, 1.82) is 0 Å². The molecule has 5 atom stereocenters. The van der Waals surface area contributed by atoms with Gasteiger partial charge in [-0.3, -0.25) is 19.5 Å². The van der Waals surface area contributed by atoms with Gasteiger partial charge in [0.1, 0.15) is 12.4 Å². The number of ether oxygens (including phenoxy) is 5. The number of imidazole rings is 1. The highest BCUT2D eigenvalue weighted by molar-refractivity contribution is 5.91. The second-order valence-electron chi connectivity index (χ2n) is 10.8. The van der Waals surface area contributed by atoms with E-state index in [-0.39, 0.29) is 28.4 Å². The smallest absolute Gasteiger partial charge is 0.340 e. The van der Waals surface area contributed by atoms with Crippen LogP contribution in [0.3, 0.4) is 0 Å². The Hall–Kier alpha value is -5.87. The van der Waals surface area contributed by atoms with Gasteiger partial charge in [0.25, 0.3) is 0 Å². The summed E-state index contributed by atoms with van der Waals surface area (Å²) in [5, 5.41) is 3.35. The van der Waals surface area contributed by atoms with Crippen molar-refractivity contribution in [3.8, 4) is 0 Å². The third-order valence-corrected chi connectivity index (χ3v) is 7.89. The number of hydrogen-bond donors (Lipinski definition) is 1. The fourth-order valence-corrected chi connectivity index (χ4v) is 5.60. The van der Waals surface area contributed by atoms with E-state index in [1.165, 1.54) is 68.9 Å². The number of nitrogens with zero attached hydrogens (tertiary/aromatic N) is 7. The molecule has 0 spiro atoms. The molecule has 0 saturated carbocycles. The molecule has 7 rings (SSSR count). The largest absolute Gasteiger partial charge is 0.465 e. The standard InChI is InChI=1S/C32H28N8O8/c1-44-32(43)21-7-4-11-35-22(21)24-25(47-30(41)18-5-2-9-33-13-18)26(48-31(42)19-6-3-10-34-14-19)29(46-24)40-17-38-23-27(36-16-37-28(23)40)39-20-8-12-45-15-20/h2-7,9-11,13-14,16-17,20,24-26,29H,8,12,15H2,1H3,(H,36,37,39)/t20-,24-,25-,26-,29?/m1/s1. The Bertz CT molecular complexity index is 1940. The van der Waals surface area contributed by atoms with Crippen molar-refractivity contribution in [3.05, 3.63) is 102 Å². The summed E-state index contributed by atoms with van der Waals surface area (Å²) >= 11 is 0. The van der Waals surface area contributed by atoms with Crippen molar-refractivity contribution in [2.24, 2.45) is 0 Å². The van der Waals surface area contributed by atoms with Gasteiger partial charge in [-0.1, -0.05) is 0 Å². The maximum Gasteiger partial charge on any atom is 0.340 e. The molecule has 1 N–H and O–H groups in total. The summed E-state index contributed by atoms with van der Waals surface area (Å²) < 4.78 is 30.8. The van der Waals surface area contributed by atoms with Crippen LogP contribution in [0.1, 0.15) is 55.5 Å². The zero-order valence-corrected chi connectivity index (χ0v) is 25.4. The molecule has 0 radical (unpaired) electrons. The van der Waals surface area contributed by atoms with Gasteiger partial charge in [0, 0.05) is 37.6 Å². The number of rotatable bonds is 9. The number of pyridine rings is 3. The molecule has 7 heterocycles. The zero-order chi connectivity index (χ0) is 33.0. The summed E-state index contributed by atoms with van der Waals surface area (Å²) in [4.78, 5) is 65.8. The topological polar surface area (TPSA) is 192 Å². The minimum Gasteiger partial charge on any atom is -0.465 e. The van der Waals surface area contributed by atoms with E-state index in [1.54, 1.807) is 22.8 Å². The lowest BCUT2D eigenvalue weighted by Gasteiger charge is -2.25. The molecule has 2 aliphatic heterocycles. The molecule has 1 unspecified atom stereocenters. The number of esters is 3. The lowest BCUT2D eigenvalue weighted by Crippen LogP contribution is -2.38. The molecule has 0 bridgehead atoms. The quantitative estimate of drug-likeness (QED) is 0.180. The third kappa shape index (κ3) is 6.01. The Morgan fingerprint density at radius 2 is 1.60 bits per heavy atom. The number of carbonyl (C=O) groups is 3. The predicted molar refractivity (Wildman–Crippen MR) is 163 cm³/mol. The van der Waals surface area contributed by atoms with Crippen molar-refractivity contribution >= 4 is 34.9 Å². The molecule has 0 amide bonds. The molecule has 5 aromatic rings. The molecule has 48 heavy (non-hydrogen) atoms. The van der Waals surface area contributed by atoms with E-state index >= 15 is 0 Å². The number of carbonyl (C=O) groups excluding carboxylic acids is 3. The van der Waals surface area contributed by atoms with Crippen molar-refractivity contribution in [2.45, 2.75) is 37.0 Å². The van der Waals surface area contributed by atoms with Crippen LogP contribution >= 0.6 is 0 Å². The summed E-state index contributed by atoms with van der Waals surface area (Å²) in [7, 11) is 1.23. The highest BCUT2D eigenvalue weighted by Gasteiger charge is 2.53. The number of methoxy groups -OCH3 is 1. The minimum atomic E-state index is -1.34. The Labute approximate surface area is 272 Å². The highest BCUT2D eigenvalue weighted by Crippen LogP contribution is 2.44. The molecular weight excluding hydrogens is 624 g/mol. The third-order valence-electron chi connectivity index (χ3n) is 7.89. The first kappa shape index (κ1) is 30.8. The minimum absolute atomic E-state index is 0.0331. The predicted octanol–water partition coefficient (Wildman–Crippen LogP) is 2.72. The van der Waals surface area contributed by atoms with Gasteiger partial charge >= 0.3 is 17.9 Å². The SMILES string of the molecule is COC(=O)c1cccnc1[C@H]1OC(n2cnc3c(N[C@@H]4CCOC4)ncnc32)[C@H](OC(=O)c2cccnc2)[C@@H]1OC(=O)c1cccnc1. The molecule has 16 nitrogen and oxygen atoms in total. The summed E-state index contributed by atoms with van der Waals surface area (Å²) in [6, 6.07) is 9.33. The van der Waals surface area contributed by atoms with Crippen LogP contribution in [0.25, 0.3) is 11.2 Å². The molecule has 0 aliphatic carbocycles. The van der Waals surface area contributed by atoms with E-state index in [4.69, 9.17) is 23.7 Å². The molecule has 2 aliphatic rings. The van der Waals surface area contributed by atoms with Crippen molar-refractivity contribution in [2.75, 3.05) is 25.6 Å². The van der Waals surface area contributed by atoms with Crippen LogP contribution in [0, 0.1) is 0 Å². The first-order chi connectivity index (χ1) is 23.5. The molecular formula is C32H28N8O8. The van der Waals surface area contributed by atoms with Crippen LogP contribution < -0.4 is 5.32 Å². The Morgan fingerprint density at radius 1 is 0.875 bits per heavy atom. The number of aromatic nitrogens is 7. The van der Waals surface area contributed by atoms with Crippen molar-refractivity contribution < 1.29 is 38.1 Å². The number of fused-ring (bicyclic) bond motifs is 1. The highest BCUT2D eigenvalue weighted by atomic mass is 16.6. The summed E-state index contributed by atoms with van der Waals surface area (Å²) in [6.07, 6.45) is 5.73. The first-order valence-electron chi connectivity index (χ1n) is 14.9. The molecule has 5 aromatic heterocycles. The molecule has 244 valence electrons. The fourth-order valence-electron chi connectivity index (χ4n) is 5.60. The first-order valence-corrected chi connectivity index (χ1v) is 14.9. The molecule has 16 heteroatoms. The van der Waals surface area contributed by atoms with Gasteiger partial charge in [-0.15, -0.1) is 0 Å². The molecule has 2 fully saturated rings. The average Bonchev–Trinajstić information content (AvgIpc) is 3.89. The van der Waals surface area contributed by atoms with Gasteiger partial charge in [0.05, 0.1) is 48.5 Å². The Morgan fingerprint density at radius 3 is 2.27 bits per heavy atom. The normalized spacial score (nSPS) is 21.9. The monoisotopic (exact) mass is 652 g/mol. The van der Waals surface area contributed by atoms with Crippen LogP contribution in [0.2, 0.25) is 0 Å². The maximum atomic E-state index is 13.6. The second kappa shape index (κ2) is 13.5. The van der Waals surface area contributed by atoms with Crippen LogP contribution in [-0.4, -0.2) is 91.0 Å². The van der Waals surface area contributed by atoms with Gasteiger partial charge < -0.3 is 29.0 Å². The summed E-state index contributed by atoms with van der Waals surface area (Å²) in [6.45, 7) is 1.14. The zero-order valence-electron chi connectivity index (χ0n) is 25.4. The average molecular weight is 653 g/mol. The van der Waals surface area contributed by atoms with Crippen LogP contribution in [-0.2, 0) is 23.7 Å². The van der Waals surface area contributed by atoms with E-state index < -0.39 is 42.4 Å². The van der Waals surface area contributed by atoms with Crippen LogP contribution in [0.5, 0.6) is 0 Å².